The van der Waals surface area contributed by atoms with E-state index in [1.54, 1.807) is 18.5 Å². The normalized spacial score (nSPS) is 10.7. The molecule has 0 unspecified atom stereocenters. The number of halogens is 1. The molecule has 0 fully saturated rings. The standard InChI is InChI=1S/C17H16FN3O2/c18-14-5-3-12(10-17(14)22)2-1-9-23-13-4-6-15(19-11-13)16-7-8-20-21-16/h3-8,10-11,22H,1-2,9H2,(H,20,21). The Morgan fingerprint density at radius 3 is 2.78 bits per heavy atom. The predicted octanol–water partition coefficient (Wildman–Crippen LogP) is 3.33. The number of nitrogens with zero attached hydrogens (tertiary/aromatic N) is 2. The number of aromatic amines is 1. The average molecular weight is 313 g/mol. The van der Waals surface area contributed by atoms with Crippen LogP contribution in [0.4, 0.5) is 4.39 Å². The Hall–Kier alpha value is -2.89. The van der Waals surface area contributed by atoms with Gasteiger partial charge in [0.1, 0.15) is 5.75 Å². The minimum atomic E-state index is -0.603. The van der Waals surface area contributed by atoms with Crippen molar-refractivity contribution in [2.24, 2.45) is 0 Å². The fraction of sp³-hybridized carbons (Fsp3) is 0.176. The Kier molecular flexibility index (Phi) is 4.52. The van der Waals surface area contributed by atoms with E-state index in [-0.39, 0.29) is 5.75 Å². The maximum Gasteiger partial charge on any atom is 0.164 e. The molecule has 0 radical (unpaired) electrons. The number of H-pyrrole nitrogens is 1. The van der Waals surface area contributed by atoms with Crippen LogP contribution in [0.25, 0.3) is 11.4 Å². The number of rotatable bonds is 6. The smallest absolute Gasteiger partial charge is 0.164 e. The Morgan fingerprint density at radius 2 is 2.09 bits per heavy atom. The highest BCUT2D eigenvalue weighted by Gasteiger charge is 2.03. The van der Waals surface area contributed by atoms with Gasteiger partial charge in [-0.2, -0.15) is 5.10 Å². The van der Waals surface area contributed by atoms with Crippen LogP contribution in [0.2, 0.25) is 0 Å². The molecule has 0 aliphatic rings. The molecule has 0 spiro atoms. The Morgan fingerprint density at radius 1 is 1.17 bits per heavy atom. The largest absolute Gasteiger partial charge is 0.505 e. The third kappa shape index (κ3) is 3.85. The van der Waals surface area contributed by atoms with Crippen molar-refractivity contribution in [3.05, 3.63) is 60.2 Å². The van der Waals surface area contributed by atoms with Crippen molar-refractivity contribution in [1.82, 2.24) is 15.2 Å². The molecule has 2 heterocycles. The number of hydrogen-bond acceptors (Lipinski definition) is 4. The second kappa shape index (κ2) is 6.91. The second-order valence-electron chi connectivity index (χ2n) is 5.09. The van der Waals surface area contributed by atoms with Crippen molar-refractivity contribution in [3.63, 3.8) is 0 Å². The Bertz CT molecular complexity index is 758. The van der Waals surface area contributed by atoms with Gasteiger partial charge in [0.2, 0.25) is 0 Å². The molecule has 0 aliphatic heterocycles. The van der Waals surface area contributed by atoms with E-state index in [2.05, 4.69) is 15.2 Å². The third-order valence-corrected chi connectivity index (χ3v) is 3.40. The summed E-state index contributed by atoms with van der Waals surface area (Å²) < 4.78 is 18.6. The minimum Gasteiger partial charge on any atom is -0.505 e. The van der Waals surface area contributed by atoms with E-state index in [4.69, 9.17) is 4.74 Å². The molecule has 23 heavy (non-hydrogen) atoms. The molecule has 3 aromatic rings. The van der Waals surface area contributed by atoms with E-state index in [0.717, 1.165) is 23.4 Å². The number of hydrogen-bond donors (Lipinski definition) is 2. The molecule has 0 aliphatic carbocycles. The molecule has 118 valence electrons. The van der Waals surface area contributed by atoms with Crippen molar-refractivity contribution >= 4 is 0 Å². The topological polar surface area (TPSA) is 71.0 Å². The number of pyridine rings is 1. The molecule has 1 aromatic carbocycles. The summed E-state index contributed by atoms with van der Waals surface area (Å²) in [7, 11) is 0. The molecule has 2 N–H and O–H groups in total. The first-order valence-corrected chi connectivity index (χ1v) is 7.28. The number of aryl methyl sites for hydroxylation is 1. The molecule has 0 amide bonds. The van der Waals surface area contributed by atoms with Gasteiger partial charge in [0, 0.05) is 6.20 Å². The third-order valence-electron chi connectivity index (χ3n) is 3.40. The van der Waals surface area contributed by atoms with E-state index < -0.39 is 5.82 Å². The van der Waals surface area contributed by atoms with Gasteiger partial charge in [0.05, 0.1) is 24.2 Å². The lowest BCUT2D eigenvalue weighted by atomic mass is 10.1. The number of ether oxygens (including phenoxy) is 1. The predicted molar refractivity (Wildman–Crippen MR) is 83.7 cm³/mol. The number of phenolic OH excluding ortho intramolecular Hbond substituents is 1. The van der Waals surface area contributed by atoms with E-state index in [1.165, 1.54) is 12.1 Å². The molecule has 0 atom stereocenters. The van der Waals surface area contributed by atoms with Gasteiger partial charge in [-0.05, 0) is 48.7 Å². The highest BCUT2D eigenvalue weighted by Crippen LogP contribution is 2.19. The lowest BCUT2D eigenvalue weighted by Crippen LogP contribution is -2.00. The summed E-state index contributed by atoms with van der Waals surface area (Å²) in [5.74, 6) is -0.231. The summed E-state index contributed by atoms with van der Waals surface area (Å²) in [6, 6.07) is 9.93. The van der Waals surface area contributed by atoms with Crippen LogP contribution in [0, 0.1) is 5.82 Å². The average Bonchev–Trinajstić information content (AvgIpc) is 3.10. The van der Waals surface area contributed by atoms with E-state index >= 15 is 0 Å². The Labute approximate surface area is 132 Å². The fourth-order valence-electron chi connectivity index (χ4n) is 2.20. The highest BCUT2D eigenvalue weighted by atomic mass is 19.1. The fourth-order valence-corrected chi connectivity index (χ4v) is 2.20. The van der Waals surface area contributed by atoms with E-state index in [1.807, 2.05) is 18.2 Å². The van der Waals surface area contributed by atoms with Crippen LogP contribution in [0.5, 0.6) is 11.5 Å². The molecular formula is C17H16FN3O2. The van der Waals surface area contributed by atoms with Crippen LogP contribution in [0.1, 0.15) is 12.0 Å². The first-order chi connectivity index (χ1) is 11.2. The van der Waals surface area contributed by atoms with Gasteiger partial charge in [-0.1, -0.05) is 6.07 Å². The number of phenols is 1. The highest BCUT2D eigenvalue weighted by molar-refractivity contribution is 5.53. The zero-order valence-corrected chi connectivity index (χ0v) is 12.4. The van der Waals surface area contributed by atoms with E-state index in [0.29, 0.717) is 18.8 Å². The van der Waals surface area contributed by atoms with Crippen LogP contribution in [-0.2, 0) is 6.42 Å². The van der Waals surface area contributed by atoms with Crippen molar-refractivity contribution in [2.45, 2.75) is 12.8 Å². The van der Waals surface area contributed by atoms with Gasteiger partial charge in [0.15, 0.2) is 11.6 Å². The molecule has 3 rings (SSSR count). The molecule has 0 saturated heterocycles. The first-order valence-electron chi connectivity index (χ1n) is 7.28. The van der Waals surface area contributed by atoms with Crippen LogP contribution in [-0.4, -0.2) is 26.9 Å². The maximum absolute atomic E-state index is 13.0. The molecule has 0 bridgehead atoms. The zero-order valence-electron chi connectivity index (χ0n) is 12.4. The lowest BCUT2D eigenvalue weighted by Gasteiger charge is -2.07. The molecule has 5 nitrogen and oxygen atoms in total. The van der Waals surface area contributed by atoms with Crippen LogP contribution >= 0.6 is 0 Å². The quantitative estimate of drug-likeness (QED) is 0.685. The SMILES string of the molecule is Oc1cc(CCCOc2ccc(-c3ccn[nH]3)nc2)ccc1F. The summed E-state index contributed by atoms with van der Waals surface area (Å²) in [6.07, 6.45) is 4.80. The Balaban J connectivity index is 1.48. The lowest BCUT2D eigenvalue weighted by molar-refractivity contribution is 0.310. The van der Waals surface area contributed by atoms with Crippen molar-refractivity contribution in [3.8, 4) is 22.9 Å². The van der Waals surface area contributed by atoms with Crippen LogP contribution in [0.15, 0.2) is 48.8 Å². The number of benzene rings is 1. The summed E-state index contributed by atoms with van der Waals surface area (Å²) in [5, 5.41) is 16.1. The van der Waals surface area contributed by atoms with E-state index in [9.17, 15) is 9.50 Å². The summed E-state index contributed by atoms with van der Waals surface area (Å²) >= 11 is 0. The van der Waals surface area contributed by atoms with Crippen molar-refractivity contribution in [1.29, 1.82) is 0 Å². The van der Waals surface area contributed by atoms with Gasteiger partial charge >= 0.3 is 0 Å². The molecule has 0 saturated carbocycles. The van der Waals surface area contributed by atoms with Gasteiger partial charge < -0.3 is 9.84 Å². The van der Waals surface area contributed by atoms with Gasteiger partial charge in [0.25, 0.3) is 0 Å². The van der Waals surface area contributed by atoms with Gasteiger partial charge in [-0.3, -0.25) is 10.1 Å². The van der Waals surface area contributed by atoms with Crippen LogP contribution in [0.3, 0.4) is 0 Å². The number of nitrogens with one attached hydrogen (secondary N) is 1. The second-order valence-corrected chi connectivity index (χ2v) is 5.09. The minimum absolute atomic E-state index is 0.318. The molecular weight excluding hydrogens is 297 g/mol. The number of aromatic hydroxyl groups is 1. The number of aromatic nitrogens is 3. The molecule has 6 heteroatoms. The summed E-state index contributed by atoms with van der Waals surface area (Å²) in [6.45, 7) is 0.517. The van der Waals surface area contributed by atoms with Crippen molar-refractivity contribution in [2.75, 3.05) is 6.61 Å². The monoisotopic (exact) mass is 313 g/mol. The van der Waals surface area contributed by atoms with Gasteiger partial charge in [-0.25, -0.2) is 4.39 Å². The van der Waals surface area contributed by atoms with Crippen LogP contribution < -0.4 is 4.74 Å². The van der Waals surface area contributed by atoms with Gasteiger partial charge in [-0.15, -0.1) is 0 Å². The first kappa shape index (κ1) is 15.0. The zero-order chi connectivity index (χ0) is 16.1. The molecule has 2 aromatic heterocycles. The summed E-state index contributed by atoms with van der Waals surface area (Å²) in [5.41, 5.74) is 2.53. The maximum atomic E-state index is 13.0. The summed E-state index contributed by atoms with van der Waals surface area (Å²) in [4.78, 5) is 4.31. The van der Waals surface area contributed by atoms with Crippen molar-refractivity contribution < 1.29 is 14.2 Å².